The zero-order valence-electron chi connectivity index (χ0n) is 14.2. The number of aromatic amines is 1. The molecule has 25 heavy (non-hydrogen) atoms. The van der Waals surface area contributed by atoms with Crippen LogP contribution in [0, 0.1) is 10.1 Å². The number of likely N-dealkylation sites (tertiary alicyclic amines) is 1. The van der Waals surface area contributed by atoms with Gasteiger partial charge >= 0.3 is 0 Å². The fourth-order valence-electron chi connectivity index (χ4n) is 3.50. The first kappa shape index (κ1) is 16.2. The second-order valence-electron chi connectivity index (χ2n) is 7.14. The summed E-state index contributed by atoms with van der Waals surface area (Å²) in [6, 6.07) is 6.89. The molecular formula is C18H23N5O2. The number of benzene rings is 1. The van der Waals surface area contributed by atoms with Gasteiger partial charge in [0.1, 0.15) is 5.82 Å². The molecule has 132 valence electrons. The molecule has 7 heteroatoms. The highest BCUT2D eigenvalue weighted by atomic mass is 16.6. The van der Waals surface area contributed by atoms with Gasteiger partial charge < -0.3 is 4.90 Å². The third-order valence-corrected chi connectivity index (χ3v) is 5.30. The molecule has 4 rings (SSSR count). The lowest BCUT2D eigenvalue weighted by molar-refractivity contribution is -0.384. The Labute approximate surface area is 146 Å². The Morgan fingerprint density at radius 1 is 1.12 bits per heavy atom. The van der Waals surface area contributed by atoms with Crippen LogP contribution in [0.1, 0.15) is 54.7 Å². The van der Waals surface area contributed by atoms with Gasteiger partial charge in [-0.3, -0.25) is 15.2 Å². The van der Waals surface area contributed by atoms with E-state index in [0.29, 0.717) is 11.8 Å². The Bertz CT molecular complexity index is 730. The molecule has 1 aromatic carbocycles. The number of piperidine rings is 1. The minimum Gasteiger partial charge on any atom is -0.303 e. The third kappa shape index (κ3) is 3.87. The van der Waals surface area contributed by atoms with Crippen LogP contribution in [0.5, 0.6) is 0 Å². The Kier molecular flexibility index (Phi) is 4.48. The van der Waals surface area contributed by atoms with E-state index in [2.05, 4.69) is 15.1 Å². The average molecular weight is 341 g/mol. The highest BCUT2D eigenvalue weighted by Crippen LogP contribution is 2.38. The van der Waals surface area contributed by atoms with Crippen LogP contribution < -0.4 is 0 Å². The van der Waals surface area contributed by atoms with Gasteiger partial charge in [0.15, 0.2) is 5.82 Å². The lowest BCUT2D eigenvalue weighted by atomic mass is 9.96. The van der Waals surface area contributed by atoms with Gasteiger partial charge in [0.25, 0.3) is 5.69 Å². The van der Waals surface area contributed by atoms with Crippen molar-refractivity contribution in [3.63, 3.8) is 0 Å². The van der Waals surface area contributed by atoms with E-state index in [4.69, 9.17) is 4.98 Å². The number of hydrogen-bond donors (Lipinski definition) is 1. The van der Waals surface area contributed by atoms with E-state index in [1.807, 2.05) is 12.1 Å². The summed E-state index contributed by atoms with van der Waals surface area (Å²) in [4.78, 5) is 17.5. The first-order valence-corrected chi connectivity index (χ1v) is 9.07. The molecule has 1 aliphatic heterocycles. The predicted molar refractivity (Wildman–Crippen MR) is 93.6 cm³/mol. The van der Waals surface area contributed by atoms with Crippen molar-refractivity contribution in [3.8, 4) is 0 Å². The van der Waals surface area contributed by atoms with Crippen LogP contribution in [-0.4, -0.2) is 44.6 Å². The predicted octanol–water partition coefficient (Wildman–Crippen LogP) is 3.01. The Morgan fingerprint density at radius 2 is 1.84 bits per heavy atom. The summed E-state index contributed by atoms with van der Waals surface area (Å²) in [6.45, 7) is 3.13. The zero-order chi connectivity index (χ0) is 17.2. The van der Waals surface area contributed by atoms with Crippen LogP contribution in [0.3, 0.4) is 0 Å². The van der Waals surface area contributed by atoms with Crippen molar-refractivity contribution >= 4 is 5.69 Å². The van der Waals surface area contributed by atoms with E-state index >= 15 is 0 Å². The van der Waals surface area contributed by atoms with Crippen LogP contribution in [0.4, 0.5) is 5.69 Å². The standard InChI is InChI=1S/C18H23N5O2/c24-23(25)16-5-1-13(2-6-16)7-10-22-11-8-15(9-12-22)18-19-17(20-21-18)14-3-4-14/h1-2,5-6,14-15H,3-4,7-12H2,(H,19,20,21). The number of nitro benzene ring substituents is 1. The Balaban J connectivity index is 1.25. The number of aromatic nitrogens is 3. The van der Waals surface area contributed by atoms with E-state index in [1.54, 1.807) is 12.1 Å². The first-order chi connectivity index (χ1) is 12.2. The number of non-ortho nitro benzene ring substituents is 1. The minimum absolute atomic E-state index is 0.155. The molecule has 1 aliphatic carbocycles. The molecule has 0 bridgehead atoms. The van der Waals surface area contributed by atoms with Crippen molar-refractivity contribution in [2.75, 3.05) is 19.6 Å². The van der Waals surface area contributed by atoms with E-state index in [0.717, 1.165) is 56.1 Å². The maximum Gasteiger partial charge on any atom is 0.269 e. The highest BCUT2D eigenvalue weighted by molar-refractivity contribution is 5.32. The van der Waals surface area contributed by atoms with Crippen LogP contribution in [0.15, 0.2) is 24.3 Å². The van der Waals surface area contributed by atoms with Gasteiger partial charge in [-0.2, -0.15) is 5.10 Å². The number of nitro groups is 1. The maximum absolute atomic E-state index is 10.7. The minimum atomic E-state index is -0.354. The molecule has 2 aliphatic rings. The number of H-pyrrole nitrogens is 1. The summed E-state index contributed by atoms with van der Waals surface area (Å²) >= 11 is 0. The van der Waals surface area contributed by atoms with Gasteiger partial charge in [0, 0.05) is 30.5 Å². The second-order valence-corrected chi connectivity index (χ2v) is 7.14. The summed E-state index contributed by atoms with van der Waals surface area (Å²) in [5.41, 5.74) is 1.30. The van der Waals surface area contributed by atoms with Crippen LogP contribution in [0.2, 0.25) is 0 Å². The molecule has 1 N–H and O–H groups in total. The highest BCUT2D eigenvalue weighted by Gasteiger charge is 2.29. The Hall–Kier alpha value is -2.28. The van der Waals surface area contributed by atoms with Crippen molar-refractivity contribution in [3.05, 3.63) is 51.6 Å². The van der Waals surface area contributed by atoms with Crippen molar-refractivity contribution in [1.82, 2.24) is 20.1 Å². The van der Waals surface area contributed by atoms with Crippen molar-refractivity contribution in [2.45, 2.75) is 43.9 Å². The molecule has 2 heterocycles. The fourth-order valence-corrected chi connectivity index (χ4v) is 3.50. The molecule has 2 aromatic rings. The molecule has 0 spiro atoms. The lowest BCUT2D eigenvalue weighted by Crippen LogP contribution is -2.34. The number of rotatable bonds is 6. The van der Waals surface area contributed by atoms with E-state index < -0.39 is 0 Å². The molecule has 7 nitrogen and oxygen atoms in total. The molecule has 2 fully saturated rings. The van der Waals surface area contributed by atoms with Crippen LogP contribution >= 0.6 is 0 Å². The normalized spacial score (nSPS) is 19.2. The third-order valence-electron chi connectivity index (χ3n) is 5.30. The molecule has 1 saturated heterocycles. The number of nitrogens with zero attached hydrogens (tertiary/aromatic N) is 4. The van der Waals surface area contributed by atoms with Gasteiger partial charge in [-0.25, -0.2) is 4.98 Å². The molecule has 0 atom stereocenters. The number of hydrogen-bond acceptors (Lipinski definition) is 5. The topological polar surface area (TPSA) is 87.9 Å². The van der Waals surface area contributed by atoms with Gasteiger partial charge in [0.05, 0.1) is 4.92 Å². The largest absolute Gasteiger partial charge is 0.303 e. The summed E-state index contributed by atoms with van der Waals surface area (Å²) in [7, 11) is 0. The first-order valence-electron chi connectivity index (χ1n) is 9.07. The van der Waals surface area contributed by atoms with E-state index in [1.165, 1.54) is 12.8 Å². The molecule has 0 unspecified atom stereocenters. The van der Waals surface area contributed by atoms with Gasteiger partial charge in [-0.15, -0.1) is 0 Å². The summed E-state index contributed by atoms with van der Waals surface area (Å²) in [5.74, 6) is 3.18. The zero-order valence-corrected chi connectivity index (χ0v) is 14.2. The van der Waals surface area contributed by atoms with Crippen molar-refractivity contribution < 1.29 is 4.92 Å². The summed E-state index contributed by atoms with van der Waals surface area (Å²) in [5, 5.41) is 18.2. The molecular weight excluding hydrogens is 318 g/mol. The van der Waals surface area contributed by atoms with Crippen molar-refractivity contribution in [2.24, 2.45) is 0 Å². The van der Waals surface area contributed by atoms with E-state index in [9.17, 15) is 10.1 Å². The lowest BCUT2D eigenvalue weighted by Gasteiger charge is -2.30. The second kappa shape index (κ2) is 6.92. The van der Waals surface area contributed by atoms with Crippen molar-refractivity contribution in [1.29, 1.82) is 0 Å². The van der Waals surface area contributed by atoms with Crippen LogP contribution in [0.25, 0.3) is 0 Å². The van der Waals surface area contributed by atoms with Gasteiger partial charge in [-0.1, -0.05) is 12.1 Å². The monoisotopic (exact) mass is 341 g/mol. The Morgan fingerprint density at radius 3 is 2.48 bits per heavy atom. The molecule has 1 aromatic heterocycles. The maximum atomic E-state index is 10.7. The fraction of sp³-hybridized carbons (Fsp3) is 0.556. The van der Waals surface area contributed by atoms with Gasteiger partial charge in [-0.05, 0) is 50.8 Å². The SMILES string of the molecule is O=[N+]([O-])c1ccc(CCN2CCC(c3nc(C4CC4)n[nH]3)CC2)cc1. The number of nitrogens with one attached hydrogen (secondary N) is 1. The van der Waals surface area contributed by atoms with Gasteiger partial charge in [0.2, 0.25) is 0 Å². The van der Waals surface area contributed by atoms with E-state index in [-0.39, 0.29) is 10.6 Å². The molecule has 0 radical (unpaired) electrons. The molecule has 0 amide bonds. The molecule has 1 saturated carbocycles. The summed E-state index contributed by atoms with van der Waals surface area (Å²) in [6.07, 6.45) is 5.62. The quantitative estimate of drug-likeness (QED) is 0.644. The smallest absolute Gasteiger partial charge is 0.269 e. The summed E-state index contributed by atoms with van der Waals surface area (Å²) < 4.78 is 0. The average Bonchev–Trinajstić information content (AvgIpc) is 3.38. The van der Waals surface area contributed by atoms with Crippen LogP contribution in [-0.2, 0) is 6.42 Å².